The lowest BCUT2D eigenvalue weighted by Gasteiger charge is -2.13. The third-order valence-corrected chi connectivity index (χ3v) is 5.36. The van der Waals surface area contributed by atoms with E-state index in [-0.39, 0.29) is 4.90 Å². The minimum atomic E-state index is -3.65. The van der Waals surface area contributed by atoms with Crippen molar-refractivity contribution >= 4 is 26.0 Å². The number of aromatic nitrogens is 3. The van der Waals surface area contributed by atoms with Gasteiger partial charge < -0.3 is 5.32 Å². The molecule has 0 fully saturated rings. The molecule has 0 aliphatic heterocycles. The second kappa shape index (κ2) is 6.65. The van der Waals surface area contributed by atoms with Crippen molar-refractivity contribution in [2.24, 2.45) is 0 Å². The molecule has 0 saturated heterocycles. The summed E-state index contributed by atoms with van der Waals surface area (Å²) in [5, 5.41) is 9.37. The fraction of sp³-hybridized carbons (Fsp3) is 0.333. The van der Waals surface area contributed by atoms with Crippen LogP contribution in [0.2, 0.25) is 0 Å². The van der Waals surface area contributed by atoms with E-state index >= 15 is 0 Å². The molecular formula is C12H16BrN5O2S. The first-order valence-corrected chi connectivity index (χ1v) is 8.52. The third-order valence-electron chi connectivity index (χ3n) is 2.84. The minimum absolute atomic E-state index is 0.189. The molecule has 1 atom stereocenters. The van der Waals surface area contributed by atoms with Crippen molar-refractivity contribution in [2.45, 2.75) is 24.4 Å². The van der Waals surface area contributed by atoms with Crippen LogP contribution in [0.3, 0.4) is 0 Å². The van der Waals surface area contributed by atoms with Gasteiger partial charge in [0.1, 0.15) is 12.2 Å². The fourth-order valence-corrected chi connectivity index (χ4v) is 4.18. The number of hydrogen-bond donors (Lipinski definition) is 3. The Bertz CT molecular complexity index is 702. The fourth-order valence-electron chi connectivity index (χ4n) is 1.85. The first kappa shape index (κ1) is 16.1. The summed E-state index contributed by atoms with van der Waals surface area (Å²) in [6.07, 6.45) is 1.34. The summed E-state index contributed by atoms with van der Waals surface area (Å²) in [4.78, 5) is 4.13. The number of H-pyrrole nitrogens is 1. The first-order valence-electron chi connectivity index (χ1n) is 6.24. The second-order valence-electron chi connectivity index (χ2n) is 4.51. The van der Waals surface area contributed by atoms with Crippen LogP contribution >= 0.6 is 15.9 Å². The Morgan fingerprint density at radius 2 is 2.19 bits per heavy atom. The van der Waals surface area contributed by atoms with Gasteiger partial charge in [-0.05, 0) is 47.6 Å². The molecule has 0 aliphatic carbocycles. The number of nitrogens with one attached hydrogen (secondary N) is 3. The van der Waals surface area contributed by atoms with Crippen LogP contribution in [0.4, 0.5) is 0 Å². The number of rotatable bonds is 6. The topological polar surface area (TPSA) is 99.8 Å². The molecule has 114 valence electrons. The summed E-state index contributed by atoms with van der Waals surface area (Å²) >= 11 is 3.31. The highest BCUT2D eigenvalue weighted by molar-refractivity contribution is 9.10. The molecule has 1 heterocycles. The van der Waals surface area contributed by atoms with Crippen LogP contribution < -0.4 is 10.0 Å². The zero-order valence-electron chi connectivity index (χ0n) is 11.6. The zero-order valence-corrected chi connectivity index (χ0v) is 14.0. The van der Waals surface area contributed by atoms with E-state index in [1.165, 1.54) is 6.33 Å². The smallest absolute Gasteiger partial charge is 0.242 e. The molecule has 0 amide bonds. The van der Waals surface area contributed by atoms with Gasteiger partial charge in [-0.15, -0.1) is 0 Å². The molecule has 0 bridgehead atoms. The molecule has 0 saturated carbocycles. The van der Waals surface area contributed by atoms with Crippen molar-refractivity contribution in [3.63, 3.8) is 0 Å². The average Bonchev–Trinajstić information content (AvgIpc) is 2.92. The molecule has 1 aromatic carbocycles. The van der Waals surface area contributed by atoms with Crippen molar-refractivity contribution in [2.75, 3.05) is 7.05 Å². The SMILES string of the molecule is CNCc1ccc(S(=O)(=O)NC(C)c2ncn[nH]2)c(Br)c1. The quantitative estimate of drug-likeness (QED) is 0.708. The van der Waals surface area contributed by atoms with Gasteiger partial charge in [-0.1, -0.05) is 6.07 Å². The van der Waals surface area contributed by atoms with Crippen molar-refractivity contribution in [3.05, 3.63) is 40.4 Å². The lowest BCUT2D eigenvalue weighted by molar-refractivity contribution is 0.560. The monoisotopic (exact) mass is 373 g/mol. The van der Waals surface area contributed by atoms with Crippen LogP contribution in [0.25, 0.3) is 0 Å². The molecule has 21 heavy (non-hydrogen) atoms. The van der Waals surface area contributed by atoms with E-state index in [4.69, 9.17) is 0 Å². The summed E-state index contributed by atoms with van der Waals surface area (Å²) < 4.78 is 27.9. The van der Waals surface area contributed by atoms with E-state index < -0.39 is 16.1 Å². The Labute approximate surface area is 131 Å². The maximum atomic E-state index is 12.4. The Balaban J connectivity index is 2.23. The number of benzene rings is 1. The van der Waals surface area contributed by atoms with E-state index in [0.29, 0.717) is 16.8 Å². The van der Waals surface area contributed by atoms with Crippen LogP contribution in [0.5, 0.6) is 0 Å². The second-order valence-corrected chi connectivity index (χ2v) is 7.05. The number of nitrogens with zero attached hydrogens (tertiary/aromatic N) is 2. The van der Waals surface area contributed by atoms with E-state index in [0.717, 1.165) is 5.56 Å². The number of hydrogen-bond acceptors (Lipinski definition) is 5. The summed E-state index contributed by atoms with van der Waals surface area (Å²) in [6.45, 7) is 2.36. The lowest BCUT2D eigenvalue weighted by Crippen LogP contribution is -2.28. The number of aromatic amines is 1. The molecule has 1 aromatic heterocycles. The number of sulfonamides is 1. The van der Waals surface area contributed by atoms with Gasteiger partial charge in [0.25, 0.3) is 0 Å². The Morgan fingerprint density at radius 3 is 2.76 bits per heavy atom. The van der Waals surface area contributed by atoms with E-state index in [1.807, 2.05) is 7.05 Å². The molecule has 2 aromatic rings. The Morgan fingerprint density at radius 1 is 1.43 bits per heavy atom. The highest BCUT2D eigenvalue weighted by atomic mass is 79.9. The maximum Gasteiger partial charge on any atom is 0.242 e. The zero-order chi connectivity index (χ0) is 15.5. The van der Waals surface area contributed by atoms with Gasteiger partial charge in [-0.2, -0.15) is 5.10 Å². The van der Waals surface area contributed by atoms with Crippen molar-refractivity contribution < 1.29 is 8.42 Å². The molecule has 7 nitrogen and oxygen atoms in total. The third kappa shape index (κ3) is 3.88. The molecule has 0 aliphatic rings. The van der Waals surface area contributed by atoms with Gasteiger partial charge in [0.2, 0.25) is 10.0 Å². The van der Waals surface area contributed by atoms with Gasteiger partial charge in [-0.3, -0.25) is 5.10 Å². The van der Waals surface area contributed by atoms with Gasteiger partial charge >= 0.3 is 0 Å². The highest BCUT2D eigenvalue weighted by Crippen LogP contribution is 2.24. The summed E-state index contributed by atoms with van der Waals surface area (Å²) in [6, 6.07) is 4.63. The summed E-state index contributed by atoms with van der Waals surface area (Å²) in [5.41, 5.74) is 0.992. The lowest BCUT2D eigenvalue weighted by atomic mass is 10.2. The molecule has 9 heteroatoms. The van der Waals surface area contributed by atoms with Crippen LogP contribution in [-0.4, -0.2) is 30.6 Å². The van der Waals surface area contributed by atoms with Gasteiger partial charge in [-0.25, -0.2) is 18.1 Å². The predicted octanol–water partition coefficient (Wildman–Crippen LogP) is 1.33. The van der Waals surface area contributed by atoms with Crippen LogP contribution in [0.1, 0.15) is 24.4 Å². The molecular weight excluding hydrogens is 358 g/mol. The standard InChI is InChI=1S/C12H16BrN5O2S/c1-8(12-15-7-16-17-12)18-21(19,20)11-4-3-9(6-14-2)5-10(11)13/h3-5,7-8,14,18H,6H2,1-2H3,(H,15,16,17). The van der Waals surface area contributed by atoms with E-state index in [9.17, 15) is 8.42 Å². The molecule has 0 spiro atoms. The molecule has 0 radical (unpaired) electrons. The molecule has 3 N–H and O–H groups in total. The largest absolute Gasteiger partial charge is 0.316 e. The van der Waals surface area contributed by atoms with E-state index in [2.05, 4.69) is 41.2 Å². The average molecular weight is 374 g/mol. The van der Waals surface area contributed by atoms with Crippen LogP contribution in [-0.2, 0) is 16.6 Å². The van der Waals surface area contributed by atoms with Crippen molar-refractivity contribution in [1.29, 1.82) is 0 Å². The van der Waals surface area contributed by atoms with Crippen molar-refractivity contribution in [1.82, 2.24) is 25.2 Å². The van der Waals surface area contributed by atoms with E-state index in [1.54, 1.807) is 25.1 Å². The normalized spacial score (nSPS) is 13.3. The molecule has 2 rings (SSSR count). The Kier molecular flexibility index (Phi) is 5.09. The van der Waals surface area contributed by atoms with Gasteiger partial charge in [0.05, 0.1) is 10.9 Å². The van der Waals surface area contributed by atoms with Gasteiger partial charge in [0.15, 0.2) is 0 Å². The van der Waals surface area contributed by atoms with Gasteiger partial charge in [0, 0.05) is 11.0 Å². The number of halogens is 1. The van der Waals surface area contributed by atoms with Crippen molar-refractivity contribution in [3.8, 4) is 0 Å². The van der Waals surface area contributed by atoms with Crippen LogP contribution in [0.15, 0.2) is 33.9 Å². The minimum Gasteiger partial charge on any atom is -0.316 e. The molecule has 1 unspecified atom stereocenters. The highest BCUT2D eigenvalue weighted by Gasteiger charge is 2.22. The Hall–Kier alpha value is -1.29. The van der Waals surface area contributed by atoms with Crippen LogP contribution in [0, 0.1) is 0 Å². The summed E-state index contributed by atoms with van der Waals surface area (Å²) in [5.74, 6) is 0.460. The predicted molar refractivity (Wildman–Crippen MR) is 82.0 cm³/mol. The summed E-state index contributed by atoms with van der Waals surface area (Å²) in [7, 11) is -1.82. The maximum absolute atomic E-state index is 12.4. The first-order chi connectivity index (χ1) is 9.94.